The van der Waals surface area contributed by atoms with Gasteiger partial charge < -0.3 is 5.32 Å². The van der Waals surface area contributed by atoms with Gasteiger partial charge in [0.1, 0.15) is 5.82 Å². The van der Waals surface area contributed by atoms with Crippen molar-refractivity contribution in [2.45, 2.75) is 37.5 Å². The van der Waals surface area contributed by atoms with E-state index in [1.165, 1.54) is 5.56 Å². The van der Waals surface area contributed by atoms with E-state index in [0.717, 1.165) is 60.1 Å². The number of thioether (sulfide) groups is 1. The maximum absolute atomic E-state index is 4.80. The van der Waals surface area contributed by atoms with Gasteiger partial charge >= 0.3 is 0 Å². The molecule has 4 nitrogen and oxygen atoms in total. The number of hydrogen-bond donors (Lipinski definition) is 1. The van der Waals surface area contributed by atoms with Gasteiger partial charge in [0.05, 0.1) is 5.52 Å². The van der Waals surface area contributed by atoms with Crippen LogP contribution < -0.4 is 5.32 Å². The van der Waals surface area contributed by atoms with E-state index in [0.29, 0.717) is 6.04 Å². The molecule has 1 saturated heterocycles. The number of aromatic nitrogens is 2. The van der Waals surface area contributed by atoms with E-state index in [-0.39, 0.29) is 0 Å². The third kappa shape index (κ3) is 4.60. The molecular formula is C22H26N4S. The van der Waals surface area contributed by atoms with Crippen molar-refractivity contribution in [1.82, 2.24) is 14.9 Å². The number of nitrogens with one attached hydrogen (secondary N) is 1. The van der Waals surface area contributed by atoms with Gasteiger partial charge in [-0.1, -0.05) is 61.2 Å². The van der Waals surface area contributed by atoms with Crippen LogP contribution in [0.3, 0.4) is 0 Å². The molecule has 2 aromatic carbocycles. The summed E-state index contributed by atoms with van der Waals surface area (Å²) in [6, 6.07) is 19.5. The van der Waals surface area contributed by atoms with Crippen LogP contribution in [-0.2, 0) is 6.54 Å². The number of fused-ring (bicyclic) bond motifs is 1. The van der Waals surface area contributed by atoms with E-state index in [9.17, 15) is 0 Å². The van der Waals surface area contributed by atoms with Crippen molar-refractivity contribution in [3.05, 3.63) is 60.2 Å². The zero-order chi connectivity index (χ0) is 18.5. The Balaban J connectivity index is 1.43. The number of benzene rings is 2. The smallest absolute Gasteiger partial charge is 0.190 e. The second-order valence-corrected chi connectivity index (χ2v) is 8.22. The molecule has 1 aliphatic rings. The first-order valence-electron chi connectivity index (χ1n) is 9.74. The number of likely N-dealkylation sites (tertiary alicyclic amines) is 1. The Hall–Kier alpha value is -2.11. The third-order valence-electron chi connectivity index (χ3n) is 5.03. The first kappa shape index (κ1) is 18.3. The summed E-state index contributed by atoms with van der Waals surface area (Å²) in [5.74, 6) is 1.97. The summed E-state index contributed by atoms with van der Waals surface area (Å²) in [5.41, 5.74) is 2.42. The van der Waals surface area contributed by atoms with Crippen LogP contribution in [0.4, 0.5) is 5.82 Å². The van der Waals surface area contributed by atoms with Crippen LogP contribution in [0.1, 0.15) is 25.3 Å². The molecule has 140 valence electrons. The zero-order valence-electron chi connectivity index (χ0n) is 15.8. The average Bonchev–Trinajstić information content (AvgIpc) is 2.71. The molecule has 5 heteroatoms. The predicted molar refractivity (Wildman–Crippen MR) is 114 cm³/mol. The van der Waals surface area contributed by atoms with Crippen molar-refractivity contribution in [2.75, 3.05) is 24.2 Å². The lowest BCUT2D eigenvalue weighted by Crippen LogP contribution is -2.38. The highest BCUT2D eigenvalue weighted by Gasteiger charge is 2.20. The van der Waals surface area contributed by atoms with Crippen LogP contribution >= 0.6 is 11.8 Å². The lowest BCUT2D eigenvalue weighted by molar-refractivity contribution is 0.211. The van der Waals surface area contributed by atoms with E-state index in [2.05, 4.69) is 70.7 Å². The maximum Gasteiger partial charge on any atom is 0.190 e. The minimum Gasteiger partial charge on any atom is -0.367 e. The summed E-state index contributed by atoms with van der Waals surface area (Å²) in [6.45, 7) is 5.42. The number of anilines is 1. The first-order chi connectivity index (χ1) is 13.3. The molecule has 0 unspecified atom stereocenters. The highest BCUT2D eigenvalue weighted by molar-refractivity contribution is 7.99. The molecule has 1 aromatic heterocycles. The molecule has 1 N–H and O–H groups in total. The summed E-state index contributed by atoms with van der Waals surface area (Å²) in [4.78, 5) is 12.0. The van der Waals surface area contributed by atoms with Crippen molar-refractivity contribution < 1.29 is 0 Å². The standard InChI is InChI=1S/C22H26N4S/c1-2-27-22-24-20-11-7-6-10-19(20)21(25-22)23-18-12-14-26(15-13-18)16-17-8-4-3-5-9-17/h3-11,18H,2,12-16H2,1H3,(H,23,24,25). The second kappa shape index (κ2) is 8.72. The van der Waals surface area contributed by atoms with Crippen LogP contribution in [0, 0.1) is 0 Å². The van der Waals surface area contributed by atoms with Crippen LogP contribution in [0.25, 0.3) is 10.9 Å². The number of hydrogen-bond acceptors (Lipinski definition) is 5. The molecular weight excluding hydrogens is 352 g/mol. The average molecular weight is 379 g/mol. The molecule has 0 aliphatic carbocycles. The monoisotopic (exact) mass is 378 g/mol. The highest BCUT2D eigenvalue weighted by atomic mass is 32.2. The lowest BCUT2D eigenvalue weighted by Gasteiger charge is -2.32. The van der Waals surface area contributed by atoms with E-state index < -0.39 is 0 Å². The SMILES string of the molecule is CCSc1nc(NC2CCN(Cc3ccccc3)CC2)c2ccccc2n1. The molecule has 0 spiro atoms. The number of para-hydroxylation sites is 1. The van der Waals surface area contributed by atoms with E-state index in [1.807, 2.05) is 6.07 Å². The minimum absolute atomic E-state index is 0.467. The van der Waals surface area contributed by atoms with Gasteiger partial charge in [0, 0.05) is 31.1 Å². The van der Waals surface area contributed by atoms with Crippen LogP contribution in [0.15, 0.2) is 59.8 Å². The molecule has 0 bridgehead atoms. The van der Waals surface area contributed by atoms with Gasteiger partial charge in [0.15, 0.2) is 5.16 Å². The van der Waals surface area contributed by atoms with Crippen molar-refractivity contribution >= 4 is 28.5 Å². The van der Waals surface area contributed by atoms with Gasteiger partial charge in [-0.2, -0.15) is 0 Å². The first-order valence-corrected chi connectivity index (χ1v) is 10.7. The van der Waals surface area contributed by atoms with E-state index >= 15 is 0 Å². The molecule has 0 saturated carbocycles. The Kier molecular flexibility index (Phi) is 5.90. The van der Waals surface area contributed by atoms with Crippen molar-refractivity contribution in [2.24, 2.45) is 0 Å². The Morgan fingerprint density at radius 2 is 1.74 bits per heavy atom. The Bertz CT molecular complexity index is 876. The summed E-state index contributed by atoms with van der Waals surface area (Å²) < 4.78 is 0. The fourth-order valence-corrected chi connectivity index (χ4v) is 4.21. The van der Waals surface area contributed by atoms with Gasteiger partial charge in [-0.15, -0.1) is 0 Å². The molecule has 3 aromatic rings. The third-order valence-corrected chi connectivity index (χ3v) is 5.76. The molecule has 27 heavy (non-hydrogen) atoms. The normalized spacial score (nSPS) is 15.9. The summed E-state index contributed by atoms with van der Waals surface area (Å²) in [7, 11) is 0. The highest BCUT2D eigenvalue weighted by Crippen LogP contribution is 2.26. The summed E-state index contributed by atoms with van der Waals surface area (Å²) >= 11 is 1.70. The molecule has 1 aliphatic heterocycles. The van der Waals surface area contributed by atoms with Crippen molar-refractivity contribution in [3.8, 4) is 0 Å². The fraction of sp³-hybridized carbons (Fsp3) is 0.364. The van der Waals surface area contributed by atoms with Crippen LogP contribution in [0.2, 0.25) is 0 Å². The van der Waals surface area contributed by atoms with Gasteiger partial charge in [0.2, 0.25) is 0 Å². The molecule has 0 atom stereocenters. The van der Waals surface area contributed by atoms with Crippen molar-refractivity contribution in [1.29, 1.82) is 0 Å². The Morgan fingerprint density at radius 1 is 1.00 bits per heavy atom. The maximum atomic E-state index is 4.80. The largest absolute Gasteiger partial charge is 0.367 e. The van der Waals surface area contributed by atoms with E-state index in [1.54, 1.807) is 11.8 Å². The second-order valence-electron chi connectivity index (χ2n) is 6.99. The minimum atomic E-state index is 0.467. The Morgan fingerprint density at radius 3 is 2.52 bits per heavy atom. The van der Waals surface area contributed by atoms with E-state index in [4.69, 9.17) is 4.98 Å². The van der Waals surface area contributed by atoms with Gasteiger partial charge in [-0.3, -0.25) is 4.90 Å². The number of piperidine rings is 1. The quantitative estimate of drug-likeness (QED) is 0.492. The molecule has 0 radical (unpaired) electrons. The molecule has 4 rings (SSSR count). The molecule has 0 amide bonds. The fourth-order valence-electron chi connectivity index (χ4n) is 3.63. The Labute approximate surface area is 165 Å². The summed E-state index contributed by atoms with van der Waals surface area (Å²) in [6.07, 6.45) is 2.28. The topological polar surface area (TPSA) is 41.1 Å². The van der Waals surface area contributed by atoms with Crippen LogP contribution in [-0.4, -0.2) is 39.8 Å². The molecule has 1 fully saturated rings. The zero-order valence-corrected chi connectivity index (χ0v) is 16.6. The number of nitrogens with zero attached hydrogens (tertiary/aromatic N) is 3. The van der Waals surface area contributed by atoms with Gasteiger partial charge in [0.25, 0.3) is 0 Å². The van der Waals surface area contributed by atoms with Gasteiger partial charge in [-0.25, -0.2) is 9.97 Å². The predicted octanol–water partition coefficient (Wildman–Crippen LogP) is 4.82. The van der Waals surface area contributed by atoms with Crippen molar-refractivity contribution in [3.63, 3.8) is 0 Å². The van der Waals surface area contributed by atoms with Crippen LogP contribution in [0.5, 0.6) is 0 Å². The summed E-state index contributed by atoms with van der Waals surface area (Å²) in [5, 5.41) is 5.69. The lowest BCUT2D eigenvalue weighted by atomic mass is 10.0. The van der Waals surface area contributed by atoms with Gasteiger partial charge in [-0.05, 0) is 36.3 Å². The number of rotatable bonds is 6. The molecule has 2 heterocycles.